The summed E-state index contributed by atoms with van der Waals surface area (Å²) in [6, 6.07) is 0. The van der Waals surface area contributed by atoms with Crippen molar-refractivity contribution in [3.63, 3.8) is 0 Å². The third-order valence-corrected chi connectivity index (χ3v) is 15.8. The normalized spacial score (nSPS) is 59.1. The molecule has 5 aliphatic rings. The van der Waals surface area contributed by atoms with Gasteiger partial charge in [0, 0.05) is 0 Å². The highest BCUT2D eigenvalue weighted by atomic mass is 35.5. The molecule has 0 aromatic heterocycles. The van der Waals surface area contributed by atoms with E-state index in [0.717, 1.165) is 0 Å². The van der Waals surface area contributed by atoms with E-state index in [1.54, 1.807) is 0 Å². The van der Waals surface area contributed by atoms with E-state index in [0.29, 0.717) is 6.42 Å². The van der Waals surface area contributed by atoms with Gasteiger partial charge in [-0.25, -0.2) is 0 Å². The zero-order chi connectivity index (χ0) is 20.3. The molecule has 0 heterocycles. The number of rotatable bonds is 0. The summed E-state index contributed by atoms with van der Waals surface area (Å²) in [5.41, 5.74) is 0. The van der Waals surface area contributed by atoms with E-state index in [-0.39, 0.29) is 32.0 Å². The topological polar surface area (TPSA) is 0 Å². The smallest absolute Gasteiger partial charge is 0.109 e. The summed E-state index contributed by atoms with van der Waals surface area (Å²) in [5.74, 6) is -1.82. The van der Waals surface area contributed by atoms with Gasteiger partial charge in [0.25, 0.3) is 0 Å². The van der Waals surface area contributed by atoms with Crippen LogP contribution in [0.3, 0.4) is 0 Å². The number of hydrogen-bond donors (Lipinski definition) is 0. The summed E-state index contributed by atoms with van der Waals surface area (Å²) in [6.45, 7) is 0. The van der Waals surface area contributed by atoms with Gasteiger partial charge < -0.3 is 0 Å². The maximum Gasteiger partial charge on any atom is 0.166 e. The van der Waals surface area contributed by atoms with Crippen LogP contribution < -0.4 is 0 Å². The van der Waals surface area contributed by atoms with E-state index in [4.69, 9.17) is 139 Å². The lowest BCUT2D eigenvalue weighted by atomic mass is 9.74. The Morgan fingerprint density at radius 1 is 0.481 bits per heavy atom. The van der Waals surface area contributed by atoms with Gasteiger partial charge in [-0.15, -0.1) is 46.4 Å². The molecule has 3 fully saturated rings. The van der Waals surface area contributed by atoms with Crippen molar-refractivity contribution < 1.29 is 0 Å². The minimum absolute atomic E-state index is 0.0836. The summed E-state index contributed by atoms with van der Waals surface area (Å²) in [5, 5.41) is 0.417. The van der Waals surface area contributed by atoms with Crippen LogP contribution in [0.2, 0.25) is 0 Å². The van der Waals surface area contributed by atoms with Crippen LogP contribution in [-0.2, 0) is 0 Å². The molecule has 0 radical (unpaired) electrons. The summed E-state index contributed by atoms with van der Waals surface area (Å²) < 4.78 is -3.37. The van der Waals surface area contributed by atoms with Crippen molar-refractivity contribution in [2.24, 2.45) is 23.7 Å². The summed E-state index contributed by atoms with van der Waals surface area (Å²) >= 11 is 80.6. The van der Waals surface area contributed by atoms with Gasteiger partial charge in [0.2, 0.25) is 0 Å². The molecule has 0 aromatic rings. The van der Waals surface area contributed by atoms with E-state index in [1.165, 1.54) is 0 Å². The van der Waals surface area contributed by atoms with Gasteiger partial charge in [0.1, 0.15) is 19.5 Å². The molecule has 8 atom stereocenters. The molecule has 0 N–H and O–H groups in total. The second-order valence-electron chi connectivity index (χ2n) is 7.75. The zero-order valence-electron chi connectivity index (χ0n) is 12.6. The number of alkyl halides is 8. The Labute approximate surface area is 215 Å². The fourth-order valence-corrected chi connectivity index (χ4v) is 12.4. The molecule has 5 rings (SSSR count). The molecule has 3 saturated carbocycles. The minimum atomic E-state index is -1.69. The number of allylic oxidation sites excluding steroid dienone is 4. The van der Waals surface area contributed by atoms with Gasteiger partial charge in [-0.05, 0) is 30.1 Å². The molecule has 5 aliphatic carbocycles. The van der Waals surface area contributed by atoms with Gasteiger partial charge in [-0.3, -0.25) is 0 Å². The SMILES string of the molecule is ClC1=C(Cl)[C@@]2(Cl)[C@H]3C[C@@H]4[C@@H]([C@H]3[C@@]1(Cl)C2(Cl)Cl)[C@]1(Cl)C(Cl)=C(Cl)[C@@]4(Cl)C1(Cl)Cl. The first-order valence-corrected chi connectivity index (χ1v) is 12.3. The summed E-state index contributed by atoms with van der Waals surface area (Å²) in [6.07, 6.45) is 0.397. The molecule has 0 aliphatic heterocycles. The lowest BCUT2D eigenvalue weighted by Gasteiger charge is -2.43. The predicted octanol–water partition coefficient (Wildman–Crippen LogP) is 8.55. The number of hydrogen-bond acceptors (Lipinski definition) is 0. The average molecular weight is 612 g/mol. The fourth-order valence-electron chi connectivity index (χ4n) is 6.16. The van der Waals surface area contributed by atoms with Crippen molar-refractivity contribution in [3.8, 4) is 0 Å². The van der Waals surface area contributed by atoms with Crippen LogP contribution in [0.5, 0.6) is 0 Å². The quantitative estimate of drug-likeness (QED) is 0.241. The number of fused-ring (bicyclic) bond motifs is 11. The summed E-state index contributed by atoms with van der Waals surface area (Å²) in [4.78, 5) is -5.83. The van der Waals surface area contributed by atoms with E-state index < -0.39 is 40.0 Å². The standard InChI is InChI=1S/C15H6Cl12/c16-6-8(18)12(22)4-2(10(6,20)14(12,24)25)1-3-5(4)13(23)9(19)7(17)11(3,21)15(13,26)27/h2-5H,1H2/t2-,3+,4-,5-,10-,11+,12-,13-/m0/s1. The highest BCUT2D eigenvalue weighted by Gasteiger charge is 2.92. The maximum atomic E-state index is 7.01. The van der Waals surface area contributed by atoms with Crippen LogP contribution in [0.1, 0.15) is 6.42 Å². The Bertz CT molecular complexity index is 806. The van der Waals surface area contributed by atoms with Crippen LogP contribution >= 0.6 is 139 Å². The lowest BCUT2D eigenvalue weighted by molar-refractivity contribution is 0.258. The van der Waals surface area contributed by atoms with Gasteiger partial charge in [-0.1, -0.05) is 92.8 Å². The molecule has 0 spiro atoms. The molecule has 0 amide bonds. The molecule has 150 valence electrons. The molecular weight excluding hydrogens is 606 g/mol. The van der Waals surface area contributed by atoms with E-state index >= 15 is 0 Å². The van der Waals surface area contributed by atoms with Crippen molar-refractivity contribution in [3.05, 3.63) is 20.1 Å². The van der Waals surface area contributed by atoms with Gasteiger partial charge in [-0.2, -0.15) is 0 Å². The maximum absolute atomic E-state index is 7.01. The molecule has 0 saturated heterocycles. The van der Waals surface area contributed by atoms with E-state index in [1.807, 2.05) is 0 Å². The van der Waals surface area contributed by atoms with Gasteiger partial charge in [0.05, 0.1) is 20.1 Å². The average Bonchev–Trinajstić information content (AvgIpc) is 3.16. The summed E-state index contributed by atoms with van der Waals surface area (Å²) in [7, 11) is 0. The molecule has 4 bridgehead atoms. The largest absolute Gasteiger partial charge is 0.166 e. The highest BCUT2D eigenvalue weighted by Crippen LogP contribution is 2.88. The Hall–Kier alpha value is 2.96. The van der Waals surface area contributed by atoms with Crippen LogP contribution in [0.25, 0.3) is 0 Å². The first kappa shape index (κ1) is 21.8. The molecule has 27 heavy (non-hydrogen) atoms. The Balaban J connectivity index is 1.80. The molecule has 0 aromatic carbocycles. The van der Waals surface area contributed by atoms with Crippen molar-refractivity contribution in [1.29, 1.82) is 0 Å². The Morgan fingerprint density at radius 3 is 1.04 bits per heavy atom. The molecule has 0 unspecified atom stereocenters. The fraction of sp³-hybridized carbons (Fsp3) is 0.733. The monoisotopic (exact) mass is 606 g/mol. The lowest BCUT2D eigenvalue weighted by Crippen LogP contribution is -2.51. The minimum Gasteiger partial charge on any atom is -0.109 e. The highest BCUT2D eigenvalue weighted by molar-refractivity contribution is 6.67. The van der Waals surface area contributed by atoms with Crippen molar-refractivity contribution in [2.45, 2.75) is 34.6 Å². The predicted molar refractivity (Wildman–Crippen MR) is 119 cm³/mol. The van der Waals surface area contributed by atoms with Crippen LogP contribution in [0, 0.1) is 23.7 Å². The second-order valence-corrected chi connectivity index (χ2v) is 14.3. The van der Waals surface area contributed by atoms with Crippen molar-refractivity contribution in [2.75, 3.05) is 0 Å². The Morgan fingerprint density at radius 2 is 0.741 bits per heavy atom. The van der Waals surface area contributed by atoms with Crippen molar-refractivity contribution in [1.82, 2.24) is 0 Å². The van der Waals surface area contributed by atoms with Gasteiger partial charge >= 0.3 is 0 Å². The van der Waals surface area contributed by atoms with Crippen LogP contribution in [-0.4, -0.2) is 28.2 Å². The third-order valence-electron chi connectivity index (χ3n) is 7.19. The second kappa shape index (κ2) is 5.53. The first-order chi connectivity index (χ1) is 12.1. The van der Waals surface area contributed by atoms with Crippen LogP contribution in [0.15, 0.2) is 20.1 Å². The molecule has 0 nitrogen and oxygen atoms in total. The molecule has 12 heteroatoms. The van der Waals surface area contributed by atoms with Crippen molar-refractivity contribution >= 4 is 139 Å². The molecular formula is C15H6Cl12. The Kier molecular flexibility index (Phi) is 4.47. The zero-order valence-corrected chi connectivity index (χ0v) is 21.6. The van der Waals surface area contributed by atoms with E-state index in [2.05, 4.69) is 0 Å². The van der Waals surface area contributed by atoms with Crippen LogP contribution in [0.4, 0.5) is 0 Å². The van der Waals surface area contributed by atoms with Gasteiger partial charge in [0.15, 0.2) is 8.67 Å². The van der Waals surface area contributed by atoms with E-state index in [9.17, 15) is 0 Å². The third kappa shape index (κ3) is 1.71. The number of halogens is 12. The first-order valence-electron chi connectivity index (χ1n) is 7.74.